The van der Waals surface area contributed by atoms with Gasteiger partial charge in [-0.1, -0.05) is 23.7 Å². The first-order valence-electron chi connectivity index (χ1n) is 7.60. The van der Waals surface area contributed by atoms with Gasteiger partial charge in [-0.2, -0.15) is 0 Å². The van der Waals surface area contributed by atoms with Crippen molar-refractivity contribution < 1.29 is 29.3 Å². The fourth-order valence-corrected chi connectivity index (χ4v) is 3.14. The summed E-state index contributed by atoms with van der Waals surface area (Å²) in [7, 11) is 0. The number of aliphatic hydroxyl groups excluding tert-OH is 1. The molecule has 0 bridgehead atoms. The van der Waals surface area contributed by atoms with E-state index in [0.717, 1.165) is 6.08 Å². The number of carbonyl (C=O) groups excluding carboxylic acids is 1. The van der Waals surface area contributed by atoms with Gasteiger partial charge in [-0.3, -0.25) is 4.79 Å². The molecule has 130 valence electrons. The van der Waals surface area contributed by atoms with Gasteiger partial charge in [0.25, 0.3) is 0 Å². The topological polar surface area (TPSA) is 93.1 Å². The third-order valence-corrected chi connectivity index (χ3v) is 4.40. The van der Waals surface area contributed by atoms with Gasteiger partial charge in [0.1, 0.15) is 5.76 Å². The van der Waals surface area contributed by atoms with Gasteiger partial charge in [-0.25, -0.2) is 4.79 Å². The summed E-state index contributed by atoms with van der Waals surface area (Å²) in [6.07, 6.45) is 1.41. The predicted octanol–water partition coefficient (Wildman–Crippen LogP) is 2.93. The van der Waals surface area contributed by atoms with Crippen molar-refractivity contribution >= 4 is 29.3 Å². The SMILES string of the molecule is CCOC(=O)/C=C(/O)c1c(Cl)cccc1C1(C(=O)O)CCOCC1. The number of aliphatic hydroxyl groups is 1. The van der Waals surface area contributed by atoms with Crippen LogP contribution in [0, 0.1) is 0 Å². The Morgan fingerprint density at radius 2 is 2.00 bits per heavy atom. The molecule has 0 spiro atoms. The summed E-state index contributed by atoms with van der Waals surface area (Å²) < 4.78 is 10.1. The first-order valence-corrected chi connectivity index (χ1v) is 7.98. The molecule has 1 saturated heterocycles. The molecule has 0 amide bonds. The molecule has 2 rings (SSSR count). The highest BCUT2D eigenvalue weighted by Gasteiger charge is 2.44. The Kier molecular flexibility index (Phi) is 5.85. The zero-order chi connectivity index (χ0) is 17.7. The van der Waals surface area contributed by atoms with Crippen LogP contribution in [0.5, 0.6) is 0 Å². The van der Waals surface area contributed by atoms with E-state index in [9.17, 15) is 19.8 Å². The lowest BCUT2D eigenvalue weighted by Crippen LogP contribution is -2.42. The minimum Gasteiger partial charge on any atom is -0.507 e. The average molecular weight is 355 g/mol. The van der Waals surface area contributed by atoms with Gasteiger partial charge >= 0.3 is 11.9 Å². The highest BCUT2D eigenvalue weighted by Crippen LogP contribution is 2.41. The summed E-state index contributed by atoms with van der Waals surface area (Å²) >= 11 is 6.19. The molecule has 0 unspecified atom stereocenters. The van der Waals surface area contributed by atoms with Gasteiger partial charge in [-0.05, 0) is 31.4 Å². The lowest BCUT2D eigenvalue weighted by atomic mass is 9.72. The molecule has 1 aliphatic rings. The predicted molar refractivity (Wildman–Crippen MR) is 88.1 cm³/mol. The van der Waals surface area contributed by atoms with Crippen molar-refractivity contribution in [3.63, 3.8) is 0 Å². The van der Waals surface area contributed by atoms with Gasteiger partial charge in [0, 0.05) is 18.8 Å². The zero-order valence-electron chi connectivity index (χ0n) is 13.3. The number of carboxylic acids is 1. The molecule has 1 fully saturated rings. The molecule has 1 heterocycles. The van der Waals surface area contributed by atoms with E-state index in [4.69, 9.17) is 21.1 Å². The third kappa shape index (κ3) is 3.55. The standard InChI is InChI=1S/C17H19ClO6/c1-2-24-14(20)10-13(19)15-11(4-3-5-12(15)18)17(16(21)22)6-8-23-9-7-17/h3-5,10,19H,2,6-9H2,1H3,(H,21,22)/b13-10+. The van der Waals surface area contributed by atoms with Crippen LogP contribution in [0.2, 0.25) is 5.02 Å². The maximum absolute atomic E-state index is 12.0. The van der Waals surface area contributed by atoms with Crippen molar-refractivity contribution in [2.75, 3.05) is 19.8 Å². The van der Waals surface area contributed by atoms with Gasteiger partial charge in [0.15, 0.2) is 0 Å². The van der Waals surface area contributed by atoms with Gasteiger partial charge in [0.05, 0.1) is 23.1 Å². The molecule has 0 radical (unpaired) electrons. The quantitative estimate of drug-likeness (QED) is 0.479. The first-order chi connectivity index (χ1) is 11.4. The molecule has 1 aliphatic heterocycles. The van der Waals surface area contributed by atoms with Crippen molar-refractivity contribution in [1.82, 2.24) is 0 Å². The average Bonchev–Trinajstić information content (AvgIpc) is 2.55. The van der Waals surface area contributed by atoms with Crippen molar-refractivity contribution in [2.24, 2.45) is 0 Å². The lowest BCUT2D eigenvalue weighted by molar-refractivity contribution is -0.147. The fraction of sp³-hybridized carbons (Fsp3) is 0.412. The van der Waals surface area contributed by atoms with Crippen LogP contribution in [-0.2, 0) is 24.5 Å². The van der Waals surface area contributed by atoms with E-state index in [1.54, 1.807) is 19.1 Å². The van der Waals surface area contributed by atoms with Crippen LogP contribution in [0.1, 0.15) is 30.9 Å². The maximum Gasteiger partial charge on any atom is 0.334 e. The molecule has 1 aromatic carbocycles. The molecule has 2 N–H and O–H groups in total. The van der Waals surface area contributed by atoms with E-state index in [1.165, 1.54) is 6.07 Å². The number of rotatable bonds is 5. The Bertz CT molecular complexity index is 661. The number of halogens is 1. The first kappa shape index (κ1) is 18.3. The van der Waals surface area contributed by atoms with Crippen molar-refractivity contribution in [3.05, 3.63) is 40.4 Å². The smallest absolute Gasteiger partial charge is 0.334 e. The molecular weight excluding hydrogens is 336 g/mol. The van der Waals surface area contributed by atoms with E-state index < -0.39 is 23.1 Å². The van der Waals surface area contributed by atoms with E-state index >= 15 is 0 Å². The number of benzene rings is 1. The second-order valence-electron chi connectivity index (χ2n) is 5.44. The Hall–Kier alpha value is -2.05. The Labute approximate surface area is 144 Å². The highest BCUT2D eigenvalue weighted by molar-refractivity contribution is 6.32. The van der Waals surface area contributed by atoms with E-state index in [-0.39, 0.29) is 30.0 Å². The summed E-state index contributed by atoms with van der Waals surface area (Å²) in [6, 6.07) is 4.76. The van der Waals surface area contributed by atoms with Crippen LogP contribution in [0.15, 0.2) is 24.3 Å². The summed E-state index contributed by atoms with van der Waals surface area (Å²) in [5.74, 6) is -2.16. The molecular formula is C17H19ClO6. The molecule has 0 atom stereocenters. The van der Waals surface area contributed by atoms with E-state index in [1.807, 2.05) is 0 Å². The minimum absolute atomic E-state index is 0.136. The number of ether oxygens (including phenoxy) is 2. The lowest BCUT2D eigenvalue weighted by Gasteiger charge is -2.35. The van der Waals surface area contributed by atoms with Crippen molar-refractivity contribution in [3.8, 4) is 0 Å². The molecule has 6 nitrogen and oxygen atoms in total. The Morgan fingerprint density at radius 1 is 1.33 bits per heavy atom. The van der Waals surface area contributed by atoms with Crippen LogP contribution >= 0.6 is 11.6 Å². The zero-order valence-corrected chi connectivity index (χ0v) is 14.0. The highest BCUT2D eigenvalue weighted by atomic mass is 35.5. The second-order valence-corrected chi connectivity index (χ2v) is 5.85. The van der Waals surface area contributed by atoms with Crippen LogP contribution in [0.25, 0.3) is 5.76 Å². The summed E-state index contributed by atoms with van der Waals surface area (Å²) in [4.78, 5) is 23.6. The minimum atomic E-state index is -1.23. The van der Waals surface area contributed by atoms with Crippen LogP contribution < -0.4 is 0 Å². The Morgan fingerprint density at radius 3 is 2.58 bits per heavy atom. The number of hydrogen-bond acceptors (Lipinski definition) is 5. The van der Waals surface area contributed by atoms with Gasteiger partial charge in [0.2, 0.25) is 0 Å². The molecule has 1 aromatic rings. The fourth-order valence-electron chi connectivity index (χ4n) is 2.87. The van der Waals surface area contributed by atoms with Crippen molar-refractivity contribution in [2.45, 2.75) is 25.2 Å². The second kappa shape index (κ2) is 7.68. The normalized spacial score (nSPS) is 17.3. The molecule has 0 aliphatic carbocycles. The van der Waals surface area contributed by atoms with E-state index in [2.05, 4.69) is 0 Å². The summed E-state index contributed by atoms with van der Waals surface area (Å²) in [6.45, 7) is 2.39. The molecule has 24 heavy (non-hydrogen) atoms. The van der Waals surface area contributed by atoms with Crippen LogP contribution in [0.3, 0.4) is 0 Å². The number of carbonyl (C=O) groups is 2. The molecule has 0 aromatic heterocycles. The Balaban J connectivity index is 2.57. The van der Waals surface area contributed by atoms with Gasteiger partial charge in [-0.15, -0.1) is 0 Å². The van der Waals surface area contributed by atoms with Gasteiger partial charge < -0.3 is 19.7 Å². The molecule has 7 heteroatoms. The van der Waals surface area contributed by atoms with Crippen LogP contribution in [-0.4, -0.2) is 42.0 Å². The van der Waals surface area contributed by atoms with Crippen LogP contribution in [0.4, 0.5) is 0 Å². The third-order valence-electron chi connectivity index (χ3n) is 4.08. The summed E-state index contributed by atoms with van der Waals surface area (Å²) in [5.41, 5.74) is -0.727. The number of carboxylic acid groups (broad SMARTS) is 1. The summed E-state index contributed by atoms with van der Waals surface area (Å²) in [5, 5.41) is 20.3. The monoisotopic (exact) mass is 354 g/mol. The number of esters is 1. The van der Waals surface area contributed by atoms with Crippen molar-refractivity contribution in [1.29, 1.82) is 0 Å². The number of aliphatic carboxylic acids is 1. The largest absolute Gasteiger partial charge is 0.507 e. The number of hydrogen-bond donors (Lipinski definition) is 2. The maximum atomic E-state index is 12.0. The molecule has 0 saturated carbocycles. The van der Waals surface area contributed by atoms with E-state index in [0.29, 0.717) is 18.8 Å².